The van der Waals surface area contributed by atoms with Gasteiger partial charge in [0.2, 0.25) is 5.78 Å². The van der Waals surface area contributed by atoms with Crippen molar-refractivity contribution in [2.75, 3.05) is 26.3 Å². The fourth-order valence-corrected chi connectivity index (χ4v) is 5.09. The van der Waals surface area contributed by atoms with Crippen LogP contribution in [-0.4, -0.2) is 69.6 Å². The molecule has 1 saturated heterocycles. The molecule has 2 aromatic carbocycles. The number of ether oxygens (including phenoxy) is 1. The number of hydrogen-bond acceptors (Lipinski definition) is 7. The van der Waals surface area contributed by atoms with Gasteiger partial charge < -0.3 is 15.4 Å². The molecule has 0 radical (unpaired) electrons. The van der Waals surface area contributed by atoms with Crippen LogP contribution in [0.2, 0.25) is 0 Å². The number of morpholine rings is 1. The molecule has 2 amide bonds. The largest absolute Gasteiger partial charge is 0.379 e. The number of Topliss-reactive ketones (excluding diaryl/α,β-unsaturated/α-hetero) is 1. The summed E-state index contributed by atoms with van der Waals surface area (Å²) in [6, 6.07) is 22.2. The van der Waals surface area contributed by atoms with Crippen molar-refractivity contribution < 1.29 is 19.1 Å². The summed E-state index contributed by atoms with van der Waals surface area (Å²) in [5.74, 6) is -1.24. The van der Waals surface area contributed by atoms with Crippen molar-refractivity contribution in [2.45, 2.75) is 37.9 Å². The molecule has 0 bridgehead atoms. The zero-order valence-electron chi connectivity index (χ0n) is 23.8. The lowest BCUT2D eigenvalue weighted by molar-refractivity contribution is -0.138. The standard InChI is InChI=1S/C33H34N6O4/c40-30(33(42)35-26-12-13-26)21-29(25-10-8-23(9-11-25)22-38-17-19-43-20-18-38)36-32(41)27-7-4-15-34-31(27)39-16-14-28(37-39)24-5-2-1-3-6-24/h1-11,14-16,26,29H,12-13,17-22H2,(H,35,42)(H,36,41). The van der Waals surface area contributed by atoms with E-state index in [1.165, 1.54) is 0 Å². The number of aromatic nitrogens is 3. The molecule has 2 fully saturated rings. The van der Waals surface area contributed by atoms with Crippen molar-refractivity contribution in [2.24, 2.45) is 0 Å². The van der Waals surface area contributed by atoms with Gasteiger partial charge in [0.25, 0.3) is 11.8 Å². The van der Waals surface area contributed by atoms with E-state index in [0.717, 1.165) is 68.1 Å². The molecule has 2 aromatic heterocycles. The summed E-state index contributed by atoms with van der Waals surface area (Å²) in [5.41, 5.74) is 3.86. The molecule has 2 N–H and O–H groups in total. The summed E-state index contributed by atoms with van der Waals surface area (Å²) in [6.07, 6.45) is 4.97. The number of amides is 2. The first-order valence-corrected chi connectivity index (χ1v) is 14.6. The number of hydrogen-bond donors (Lipinski definition) is 2. The van der Waals surface area contributed by atoms with Crippen LogP contribution >= 0.6 is 0 Å². The van der Waals surface area contributed by atoms with Crippen molar-refractivity contribution >= 4 is 17.6 Å². The summed E-state index contributed by atoms with van der Waals surface area (Å²) in [4.78, 5) is 46.0. The molecule has 1 aliphatic carbocycles. The Morgan fingerprint density at radius 2 is 1.70 bits per heavy atom. The van der Waals surface area contributed by atoms with Crippen molar-refractivity contribution in [1.82, 2.24) is 30.3 Å². The fourth-order valence-electron chi connectivity index (χ4n) is 5.09. The molecule has 10 heteroatoms. The Morgan fingerprint density at radius 1 is 0.930 bits per heavy atom. The Labute approximate surface area is 250 Å². The summed E-state index contributed by atoms with van der Waals surface area (Å²) >= 11 is 0. The van der Waals surface area contributed by atoms with E-state index < -0.39 is 23.6 Å². The normalized spacial score (nSPS) is 15.9. The molecular formula is C33H34N6O4. The predicted molar refractivity (Wildman–Crippen MR) is 160 cm³/mol. The van der Waals surface area contributed by atoms with Gasteiger partial charge in [-0.05, 0) is 42.2 Å². The number of carbonyl (C=O) groups excluding carboxylic acids is 3. The van der Waals surface area contributed by atoms with Crippen LogP contribution in [0.15, 0.2) is 85.2 Å². The number of nitrogens with one attached hydrogen (secondary N) is 2. The van der Waals surface area contributed by atoms with Gasteiger partial charge in [0, 0.05) is 50.1 Å². The van der Waals surface area contributed by atoms with E-state index >= 15 is 0 Å². The SMILES string of the molecule is O=C(CC(NC(=O)c1cccnc1-n1ccc(-c2ccccc2)n1)c1ccc(CN2CCOCC2)cc1)C(=O)NC1CC1. The van der Waals surface area contributed by atoms with Gasteiger partial charge in [0.1, 0.15) is 0 Å². The van der Waals surface area contributed by atoms with E-state index in [2.05, 4.69) is 25.6 Å². The van der Waals surface area contributed by atoms with Crippen LogP contribution in [0.4, 0.5) is 0 Å². The van der Waals surface area contributed by atoms with Crippen LogP contribution < -0.4 is 10.6 Å². The van der Waals surface area contributed by atoms with Crippen LogP contribution in [0.5, 0.6) is 0 Å². The van der Waals surface area contributed by atoms with Crippen LogP contribution in [-0.2, 0) is 20.9 Å². The van der Waals surface area contributed by atoms with Crippen LogP contribution in [0.1, 0.15) is 46.8 Å². The van der Waals surface area contributed by atoms with Gasteiger partial charge in [-0.15, -0.1) is 0 Å². The Balaban J connectivity index is 1.22. The highest BCUT2D eigenvalue weighted by Gasteiger charge is 2.29. The average Bonchev–Trinajstić information content (AvgIpc) is 3.72. The summed E-state index contributed by atoms with van der Waals surface area (Å²) in [6.45, 7) is 3.99. The second-order valence-corrected chi connectivity index (χ2v) is 10.9. The molecule has 1 saturated carbocycles. The highest BCUT2D eigenvalue weighted by atomic mass is 16.5. The molecule has 1 unspecified atom stereocenters. The third kappa shape index (κ3) is 7.22. The Bertz CT molecular complexity index is 1580. The molecular weight excluding hydrogens is 544 g/mol. The maximum Gasteiger partial charge on any atom is 0.287 e. The molecule has 220 valence electrons. The van der Waals surface area contributed by atoms with Crippen LogP contribution in [0.3, 0.4) is 0 Å². The van der Waals surface area contributed by atoms with Gasteiger partial charge in [-0.25, -0.2) is 9.67 Å². The molecule has 6 rings (SSSR count). The quantitative estimate of drug-likeness (QED) is 0.262. The molecule has 2 aliphatic rings. The second kappa shape index (κ2) is 13.1. The summed E-state index contributed by atoms with van der Waals surface area (Å²) in [5, 5.41) is 10.4. The first kappa shape index (κ1) is 28.4. The fraction of sp³-hybridized carbons (Fsp3) is 0.303. The minimum atomic E-state index is -0.715. The monoisotopic (exact) mass is 578 g/mol. The third-order valence-electron chi connectivity index (χ3n) is 7.66. The number of ketones is 1. The van der Waals surface area contributed by atoms with E-state index in [9.17, 15) is 14.4 Å². The number of benzene rings is 2. The van der Waals surface area contributed by atoms with E-state index in [1.807, 2.05) is 60.7 Å². The van der Waals surface area contributed by atoms with E-state index in [4.69, 9.17) is 4.74 Å². The lowest BCUT2D eigenvalue weighted by atomic mass is 9.99. The second-order valence-electron chi connectivity index (χ2n) is 10.9. The molecule has 1 aliphatic heterocycles. The van der Waals surface area contributed by atoms with E-state index in [-0.39, 0.29) is 12.5 Å². The van der Waals surface area contributed by atoms with Crippen molar-refractivity contribution in [3.63, 3.8) is 0 Å². The average molecular weight is 579 g/mol. The van der Waals surface area contributed by atoms with Gasteiger partial charge in [-0.1, -0.05) is 54.6 Å². The van der Waals surface area contributed by atoms with Crippen LogP contribution in [0, 0.1) is 0 Å². The smallest absolute Gasteiger partial charge is 0.287 e. The molecule has 0 spiro atoms. The molecule has 4 aromatic rings. The summed E-state index contributed by atoms with van der Waals surface area (Å²) in [7, 11) is 0. The minimum absolute atomic E-state index is 0.0664. The maximum absolute atomic E-state index is 13.7. The first-order valence-electron chi connectivity index (χ1n) is 14.6. The molecule has 43 heavy (non-hydrogen) atoms. The number of nitrogens with zero attached hydrogens (tertiary/aromatic N) is 4. The third-order valence-corrected chi connectivity index (χ3v) is 7.66. The van der Waals surface area contributed by atoms with Crippen molar-refractivity contribution in [3.8, 4) is 17.1 Å². The minimum Gasteiger partial charge on any atom is -0.379 e. The van der Waals surface area contributed by atoms with Gasteiger partial charge in [-0.2, -0.15) is 5.10 Å². The Morgan fingerprint density at radius 3 is 2.44 bits per heavy atom. The van der Waals surface area contributed by atoms with Gasteiger partial charge >= 0.3 is 0 Å². The highest BCUT2D eigenvalue weighted by Crippen LogP contribution is 2.23. The van der Waals surface area contributed by atoms with Crippen molar-refractivity contribution in [1.29, 1.82) is 0 Å². The van der Waals surface area contributed by atoms with Gasteiger partial charge in [0.15, 0.2) is 5.82 Å². The van der Waals surface area contributed by atoms with Crippen LogP contribution in [0.25, 0.3) is 17.1 Å². The number of rotatable bonds is 11. The predicted octanol–water partition coefficient (Wildman–Crippen LogP) is 3.48. The lowest BCUT2D eigenvalue weighted by Crippen LogP contribution is -2.37. The van der Waals surface area contributed by atoms with Gasteiger partial charge in [-0.3, -0.25) is 19.3 Å². The van der Waals surface area contributed by atoms with Crippen molar-refractivity contribution in [3.05, 3.63) is 102 Å². The molecule has 1 atom stereocenters. The highest BCUT2D eigenvalue weighted by molar-refractivity contribution is 6.36. The molecule has 10 nitrogen and oxygen atoms in total. The van der Waals surface area contributed by atoms with E-state index in [1.54, 1.807) is 29.2 Å². The summed E-state index contributed by atoms with van der Waals surface area (Å²) < 4.78 is 7.02. The van der Waals surface area contributed by atoms with E-state index in [0.29, 0.717) is 11.4 Å². The number of pyridine rings is 1. The topological polar surface area (TPSA) is 118 Å². The molecule has 3 heterocycles. The lowest BCUT2D eigenvalue weighted by Gasteiger charge is -2.26. The van der Waals surface area contributed by atoms with Gasteiger partial charge in [0.05, 0.1) is 30.5 Å². The Kier molecular flexibility index (Phi) is 8.67. The zero-order chi connectivity index (χ0) is 29.6. The number of carbonyl (C=O) groups is 3. The Hall–Kier alpha value is -4.67. The maximum atomic E-state index is 13.7. The first-order chi connectivity index (χ1) is 21.0. The zero-order valence-corrected chi connectivity index (χ0v) is 23.8.